The van der Waals surface area contributed by atoms with Crippen molar-refractivity contribution in [3.8, 4) is 5.13 Å². The minimum absolute atomic E-state index is 0.00642. The van der Waals surface area contributed by atoms with Crippen molar-refractivity contribution in [2.24, 2.45) is 5.92 Å². The van der Waals surface area contributed by atoms with Gasteiger partial charge in [-0.1, -0.05) is 30.4 Å². The maximum absolute atomic E-state index is 13.9. The number of aromatic nitrogens is 5. The minimum atomic E-state index is -5.09. The van der Waals surface area contributed by atoms with E-state index in [2.05, 4.69) is 20.5 Å². The molecule has 0 unspecified atom stereocenters. The molecule has 2 aromatic heterocycles. The number of carbonyl (C=O) groups excluding carboxylic acids is 1. The highest BCUT2D eigenvalue weighted by Gasteiger charge is 2.28. The second kappa shape index (κ2) is 8.27. The molecule has 1 aliphatic heterocycles. The van der Waals surface area contributed by atoms with E-state index in [-0.39, 0.29) is 28.0 Å². The summed E-state index contributed by atoms with van der Waals surface area (Å²) in [4.78, 5) is 15.1. The van der Waals surface area contributed by atoms with Gasteiger partial charge >= 0.3 is 10.2 Å². The Morgan fingerprint density at radius 1 is 1.09 bits per heavy atom. The van der Waals surface area contributed by atoms with Crippen molar-refractivity contribution < 1.29 is 25.9 Å². The molecule has 3 heterocycles. The highest BCUT2D eigenvalue weighted by Crippen LogP contribution is 2.33. The maximum Gasteiger partial charge on any atom is 0.332 e. The Bertz CT molecular complexity index is 1270. The van der Waals surface area contributed by atoms with Crippen LogP contribution in [-0.2, 0) is 15.0 Å². The van der Waals surface area contributed by atoms with Crippen molar-refractivity contribution >= 4 is 44.2 Å². The number of nitrogens with zero attached hydrogens (tertiary/aromatic N) is 7. The average molecular weight is 490 g/mol. The molecule has 0 N–H and O–H groups in total. The van der Waals surface area contributed by atoms with Crippen LogP contribution >= 0.6 is 11.3 Å². The highest BCUT2D eigenvalue weighted by atomic mass is 32.3. The number of piperazine rings is 1. The van der Waals surface area contributed by atoms with Crippen molar-refractivity contribution in [2.45, 2.75) is 25.2 Å². The monoisotopic (exact) mass is 489 g/mol. The third kappa shape index (κ3) is 4.13. The van der Waals surface area contributed by atoms with Gasteiger partial charge in [0.15, 0.2) is 5.01 Å². The van der Waals surface area contributed by atoms with Gasteiger partial charge in [-0.2, -0.15) is 13.1 Å². The number of carbonyl (C=O) groups is 1. The van der Waals surface area contributed by atoms with Gasteiger partial charge in [-0.15, -0.1) is 19.2 Å². The van der Waals surface area contributed by atoms with E-state index in [0.717, 1.165) is 16.8 Å². The molecule has 1 fully saturated rings. The third-order valence-electron chi connectivity index (χ3n) is 5.01. The number of alkyl halides is 2. The zero-order chi connectivity index (χ0) is 23.2. The molecule has 32 heavy (non-hydrogen) atoms. The lowest BCUT2D eigenvalue weighted by molar-refractivity contribution is -0.134. The third-order valence-corrected chi connectivity index (χ3v) is 6.72. The highest BCUT2D eigenvalue weighted by molar-refractivity contribution is 7.86. The average Bonchev–Trinajstić information content (AvgIpc) is 3.39. The van der Waals surface area contributed by atoms with E-state index < -0.39 is 26.6 Å². The topological polar surface area (TPSA) is 114 Å². The number of fused-ring (bicyclic) bond motifs is 1. The molecule has 0 aliphatic carbocycles. The molecule has 0 spiro atoms. The molecule has 1 saturated heterocycles. The zero-order valence-corrected chi connectivity index (χ0v) is 18.6. The SMILES string of the molecule is CC(C)C(=O)N1CCN(c2cc(S(=O)(=O)F)cc3c2nnn3-c2nnc(C(F)F)s2)CC1. The smallest absolute Gasteiger partial charge is 0.332 e. The Morgan fingerprint density at radius 2 is 1.78 bits per heavy atom. The van der Waals surface area contributed by atoms with E-state index in [1.807, 2.05) is 0 Å². The standard InChI is InChI=1S/C17H18F3N7O3S2/c1-9(2)16(28)26-5-3-25(4-6-26)11-7-10(32(20,29)30)8-12-13(11)21-24-27(12)17-23-22-15(31-17)14(18)19/h7-9,14H,3-6H2,1-2H3. The molecule has 10 nitrogen and oxygen atoms in total. The Balaban J connectivity index is 1.76. The van der Waals surface area contributed by atoms with E-state index in [0.29, 0.717) is 43.2 Å². The number of halogens is 3. The first-order valence-electron chi connectivity index (χ1n) is 9.56. The predicted octanol–water partition coefficient (Wildman–Crippen LogP) is 2.17. The van der Waals surface area contributed by atoms with Gasteiger partial charge in [0, 0.05) is 32.1 Å². The van der Waals surface area contributed by atoms with E-state index in [4.69, 9.17) is 0 Å². The Hall–Kier alpha value is -2.81. The summed E-state index contributed by atoms with van der Waals surface area (Å²) in [5, 5.41) is 14.4. The van der Waals surface area contributed by atoms with Crippen LogP contribution in [-0.4, -0.2) is 70.6 Å². The van der Waals surface area contributed by atoms with Gasteiger partial charge in [-0.3, -0.25) is 4.79 Å². The maximum atomic E-state index is 13.9. The van der Waals surface area contributed by atoms with E-state index >= 15 is 0 Å². The van der Waals surface area contributed by atoms with Gasteiger partial charge < -0.3 is 9.80 Å². The summed E-state index contributed by atoms with van der Waals surface area (Å²) < 4.78 is 64.1. The fraction of sp³-hybridized carbons (Fsp3) is 0.471. The molecule has 1 amide bonds. The fourth-order valence-electron chi connectivity index (χ4n) is 3.44. The first-order valence-corrected chi connectivity index (χ1v) is 11.8. The van der Waals surface area contributed by atoms with Crippen LogP contribution in [0.5, 0.6) is 0 Å². The molecule has 1 aromatic carbocycles. The summed E-state index contributed by atoms with van der Waals surface area (Å²) >= 11 is 0.562. The molecular weight excluding hydrogens is 471 g/mol. The van der Waals surface area contributed by atoms with Gasteiger partial charge in [0.1, 0.15) is 15.9 Å². The molecule has 172 valence electrons. The van der Waals surface area contributed by atoms with Gasteiger partial charge in [-0.25, -0.2) is 8.78 Å². The van der Waals surface area contributed by atoms with E-state index in [1.54, 1.807) is 23.6 Å². The number of hydrogen-bond acceptors (Lipinski definition) is 9. The second-order valence-corrected chi connectivity index (χ2v) is 9.77. The number of anilines is 1. The number of hydrogen-bond donors (Lipinski definition) is 0. The van der Waals surface area contributed by atoms with Crippen LogP contribution < -0.4 is 4.90 Å². The molecule has 0 bridgehead atoms. The summed E-state index contributed by atoms with van der Waals surface area (Å²) in [5.41, 5.74) is 0.631. The molecule has 3 aromatic rings. The molecule has 15 heteroatoms. The lowest BCUT2D eigenvalue weighted by Crippen LogP contribution is -2.50. The summed E-state index contributed by atoms with van der Waals surface area (Å²) in [5.74, 6) is -0.148. The van der Waals surface area contributed by atoms with Crippen LogP contribution in [0, 0.1) is 5.92 Å². The lowest BCUT2D eigenvalue weighted by atomic mass is 10.1. The zero-order valence-electron chi connectivity index (χ0n) is 16.9. The molecule has 1 aliphatic rings. The molecule has 4 rings (SSSR count). The lowest BCUT2D eigenvalue weighted by Gasteiger charge is -2.37. The summed E-state index contributed by atoms with van der Waals surface area (Å²) in [6.45, 7) is 5.13. The first kappa shape index (κ1) is 22.4. The molecule has 0 atom stereocenters. The van der Waals surface area contributed by atoms with Crippen molar-refractivity contribution in [1.82, 2.24) is 30.1 Å². The summed E-state index contributed by atoms with van der Waals surface area (Å²) in [7, 11) is -5.09. The Labute approximate surface area is 184 Å². The fourth-order valence-corrected chi connectivity index (χ4v) is 4.60. The predicted molar refractivity (Wildman–Crippen MR) is 109 cm³/mol. The Morgan fingerprint density at radius 3 is 2.34 bits per heavy atom. The quantitative estimate of drug-likeness (QED) is 0.501. The van der Waals surface area contributed by atoms with Crippen LogP contribution in [0.2, 0.25) is 0 Å². The van der Waals surface area contributed by atoms with E-state index in [9.17, 15) is 25.9 Å². The molecule has 0 radical (unpaired) electrons. The van der Waals surface area contributed by atoms with Crippen molar-refractivity contribution in [3.05, 3.63) is 17.1 Å². The first-order chi connectivity index (χ1) is 15.1. The molecular formula is C17H18F3N7O3S2. The van der Waals surface area contributed by atoms with Crippen LogP contribution in [0.25, 0.3) is 16.2 Å². The van der Waals surface area contributed by atoms with Crippen LogP contribution in [0.15, 0.2) is 17.0 Å². The van der Waals surface area contributed by atoms with E-state index in [1.165, 1.54) is 0 Å². The normalized spacial score (nSPS) is 15.3. The molecule has 0 saturated carbocycles. The van der Waals surface area contributed by atoms with Gasteiger partial charge in [-0.05, 0) is 12.1 Å². The number of rotatable bonds is 5. The summed E-state index contributed by atoms with van der Waals surface area (Å²) in [6.07, 6.45) is -2.83. The van der Waals surface area contributed by atoms with Gasteiger partial charge in [0.05, 0.1) is 5.69 Å². The van der Waals surface area contributed by atoms with Gasteiger partial charge in [0.25, 0.3) is 6.43 Å². The van der Waals surface area contributed by atoms with Crippen LogP contribution in [0.4, 0.5) is 18.4 Å². The van der Waals surface area contributed by atoms with Crippen LogP contribution in [0.3, 0.4) is 0 Å². The number of amides is 1. The van der Waals surface area contributed by atoms with Crippen molar-refractivity contribution in [3.63, 3.8) is 0 Å². The second-order valence-electron chi connectivity index (χ2n) is 7.44. The van der Waals surface area contributed by atoms with Crippen molar-refractivity contribution in [2.75, 3.05) is 31.1 Å². The van der Waals surface area contributed by atoms with Crippen LogP contribution in [0.1, 0.15) is 25.3 Å². The largest absolute Gasteiger partial charge is 0.366 e. The minimum Gasteiger partial charge on any atom is -0.366 e. The summed E-state index contributed by atoms with van der Waals surface area (Å²) in [6, 6.07) is 2.18. The van der Waals surface area contributed by atoms with Crippen molar-refractivity contribution in [1.29, 1.82) is 0 Å². The van der Waals surface area contributed by atoms with Gasteiger partial charge in [0.2, 0.25) is 11.0 Å². The number of benzene rings is 1. The Kier molecular flexibility index (Phi) is 5.79.